The van der Waals surface area contributed by atoms with Crippen LogP contribution in [-0.4, -0.2) is 25.7 Å². The quantitative estimate of drug-likeness (QED) is 0.478. The van der Waals surface area contributed by atoms with Crippen LogP contribution in [0.15, 0.2) is 64.1 Å². The number of rotatable bonds is 5. The summed E-state index contributed by atoms with van der Waals surface area (Å²) in [6.07, 6.45) is 1.32. The predicted octanol–water partition coefficient (Wildman–Crippen LogP) is 2.84. The average Bonchev–Trinajstić information content (AvgIpc) is 3.18. The first kappa shape index (κ1) is 17.9. The molecule has 0 N–H and O–H groups in total. The van der Waals surface area contributed by atoms with Gasteiger partial charge in [-0.15, -0.1) is 10.2 Å². The average molecular weight is 397 g/mol. The molecule has 4 aromatic rings. The largest absolute Gasteiger partial charge is 0.454 e. The monoisotopic (exact) mass is 396 g/mol. The van der Waals surface area contributed by atoms with Crippen molar-refractivity contribution in [1.82, 2.24) is 19.7 Å². The molecular weight excluding hydrogens is 384 g/mol. The maximum absolute atomic E-state index is 12.4. The molecule has 0 atom stereocenters. The molecule has 0 bridgehead atoms. The van der Waals surface area contributed by atoms with E-state index in [9.17, 15) is 9.59 Å². The van der Waals surface area contributed by atoms with Crippen LogP contribution < -0.4 is 5.56 Å². The molecule has 140 valence electrons. The zero-order chi connectivity index (χ0) is 19.5. The summed E-state index contributed by atoms with van der Waals surface area (Å²) >= 11 is 5.85. The molecule has 2 aromatic heterocycles. The minimum absolute atomic E-state index is 0.141. The van der Waals surface area contributed by atoms with Gasteiger partial charge in [0.2, 0.25) is 5.89 Å². The Hall–Kier alpha value is -3.52. The molecule has 4 rings (SSSR count). The van der Waals surface area contributed by atoms with E-state index in [1.165, 1.54) is 10.9 Å². The summed E-state index contributed by atoms with van der Waals surface area (Å²) in [6, 6.07) is 13.8. The van der Waals surface area contributed by atoms with Crippen LogP contribution in [-0.2, 0) is 22.7 Å². The summed E-state index contributed by atoms with van der Waals surface area (Å²) in [4.78, 5) is 28.6. The lowest BCUT2D eigenvalue weighted by molar-refractivity contribution is -0.146. The third kappa shape index (κ3) is 3.77. The highest BCUT2D eigenvalue weighted by molar-refractivity contribution is 6.30. The number of hydrogen-bond donors (Lipinski definition) is 0. The van der Waals surface area contributed by atoms with Crippen LogP contribution in [0.1, 0.15) is 5.89 Å². The fourth-order valence-electron chi connectivity index (χ4n) is 2.57. The summed E-state index contributed by atoms with van der Waals surface area (Å²) in [6.45, 7) is -0.468. The molecule has 0 fully saturated rings. The van der Waals surface area contributed by atoms with E-state index in [0.717, 1.165) is 0 Å². The molecule has 0 saturated carbocycles. The summed E-state index contributed by atoms with van der Waals surface area (Å²) in [5.41, 5.74) is 0.950. The molecule has 2 aromatic carbocycles. The topological polar surface area (TPSA) is 100 Å². The molecule has 0 amide bonds. The second kappa shape index (κ2) is 7.61. The van der Waals surface area contributed by atoms with Gasteiger partial charge >= 0.3 is 5.97 Å². The van der Waals surface area contributed by atoms with Crippen molar-refractivity contribution in [3.05, 3.63) is 76.1 Å². The molecule has 0 saturated heterocycles. The zero-order valence-corrected chi connectivity index (χ0v) is 15.2. The van der Waals surface area contributed by atoms with Crippen LogP contribution >= 0.6 is 11.6 Å². The van der Waals surface area contributed by atoms with Gasteiger partial charge in [0.25, 0.3) is 11.4 Å². The number of aromatic nitrogens is 4. The summed E-state index contributed by atoms with van der Waals surface area (Å²) in [5.74, 6) is -0.189. The fourth-order valence-corrected chi connectivity index (χ4v) is 2.69. The van der Waals surface area contributed by atoms with Crippen molar-refractivity contribution in [1.29, 1.82) is 0 Å². The molecule has 0 radical (unpaired) electrons. The molecule has 0 aliphatic carbocycles. The van der Waals surface area contributed by atoms with Gasteiger partial charge in [0.1, 0.15) is 6.54 Å². The Bertz CT molecular complexity index is 1200. The summed E-state index contributed by atoms with van der Waals surface area (Å²) in [7, 11) is 0. The van der Waals surface area contributed by atoms with Gasteiger partial charge in [-0.1, -0.05) is 23.7 Å². The highest BCUT2D eigenvalue weighted by Gasteiger charge is 2.13. The molecule has 9 heteroatoms. The first-order chi connectivity index (χ1) is 13.6. The Morgan fingerprint density at radius 2 is 1.89 bits per heavy atom. The number of hydrogen-bond acceptors (Lipinski definition) is 7. The van der Waals surface area contributed by atoms with Gasteiger partial charge in [-0.2, -0.15) is 0 Å². The van der Waals surface area contributed by atoms with Crippen LogP contribution in [0.4, 0.5) is 0 Å². The Balaban J connectivity index is 1.41. The van der Waals surface area contributed by atoms with Crippen LogP contribution in [0.3, 0.4) is 0 Å². The lowest BCUT2D eigenvalue weighted by atomic mass is 10.2. The van der Waals surface area contributed by atoms with Gasteiger partial charge in [0.15, 0.2) is 6.61 Å². The van der Waals surface area contributed by atoms with E-state index in [1.807, 2.05) is 0 Å². The second-order valence-electron chi connectivity index (χ2n) is 5.86. The van der Waals surface area contributed by atoms with Crippen molar-refractivity contribution >= 4 is 28.5 Å². The number of carbonyl (C=O) groups is 1. The SMILES string of the molecule is O=C(Cn1cnc2ccccc2c1=O)OCc1nnc(-c2ccc(Cl)cc2)o1. The Morgan fingerprint density at radius 3 is 2.71 bits per heavy atom. The van der Waals surface area contributed by atoms with Gasteiger partial charge in [-0.05, 0) is 36.4 Å². The normalized spacial score (nSPS) is 10.9. The lowest BCUT2D eigenvalue weighted by Crippen LogP contribution is -2.25. The van der Waals surface area contributed by atoms with Crippen molar-refractivity contribution in [3.8, 4) is 11.5 Å². The predicted molar refractivity (Wildman–Crippen MR) is 101 cm³/mol. The number of fused-ring (bicyclic) bond motifs is 1. The van der Waals surface area contributed by atoms with Crippen molar-refractivity contribution in [2.24, 2.45) is 0 Å². The second-order valence-corrected chi connectivity index (χ2v) is 6.30. The van der Waals surface area contributed by atoms with E-state index in [1.54, 1.807) is 48.5 Å². The van der Waals surface area contributed by atoms with Gasteiger partial charge in [-0.25, -0.2) is 4.98 Å². The molecular formula is C19H13ClN4O4. The maximum atomic E-state index is 12.4. The Kier molecular flexibility index (Phi) is 4.86. The number of carbonyl (C=O) groups excluding carboxylic acids is 1. The van der Waals surface area contributed by atoms with E-state index >= 15 is 0 Å². The number of ether oxygens (including phenoxy) is 1. The number of benzene rings is 2. The van der Waals surface area contributed by atoms with Gasteiger partial charge in [-0.3, -0.25) is 14.2 Å². The molecule has 0 aliphatic heterocycles. The lowest BCUT2D eigenvalue weighted by Gasteiger charge is -2.06. The summed E-state index contributed by atoms with van der Waals surface area (Å²) < 4.78 is 11.8. The van der Waals surface area contributed by atoms with Gasteiger partial charge in [0, 0.05) is 10.6 Å². The van der Waals surface area contributed by atoms with Gasteiger partial charge < -0.3 is 9.15 Å². The van der Waals surface area contributed by atoms with E-state index in [0.29, 0.717) is 21.5 Å². The van der Waals surface area contributed by atoms with Crippen molar-refractivity contribution in [2.75, 3.05) is 0 Å². The van der Waals surface area contributed by atoms with E-state index in [-0.39, 0.29) is 30.5 Å². The smallest absolute Gasteiger partial charge is 0.326 e. The highest BCUT2D eigenvalue weighted by Crippen LogP contribution is 2.20. The molecule has 2 heterocycles. The zero-order valence-electron chi connectivity index (χ0n) is 14.4. The maximum Gasteiger partial charge on any atom is 0.326 e. The molecule has 0 aliphatic rings. The fraction of sp³-hybridized carbons (Fsp3) is 0.105. The minimum atomic E-state index is -0.620. The Labute approximate surface area is 163 Å². The molecule has 28 heavy (non-hydrogen) atoms. The van der Waals surface area contributed by atoms with Crippen molar-refractivity contribution in [2.45, 2.75) is 13.2 Å². The molecule has 0 unspecified atom stereocenters. The van der Waals surface area contributed by atoms with Gasteiger partial charge in [0.05, 0.1) is 17.2 Å². The summed E-state index contributed by atoms with van der Waals surface area (Å²) in [5, 5.41) is 8.78. The first-order valence-electron chi connectivity index (χ1n) is 8.28. The van der Waals surface area contributed by atoms with Crippen LogP contribution in [0, 0.1) is 0 Å². The molecule has 8 nitrogen and oxygen atoms in total. The van der Waals surface area contributed by atoms with Crippen LogP contribution in [0.2, 0.25) is 5.02 Å². The van der Waals surface area contributed by atoms with E-state index in [2.05, 4.69) is 15.2 Å². The number of halogens is 1. The van der Waals surface area contributed by atoms with E-state index < -0.39 is 5.97 Å². The van der Waals surface area contributed by atoms with Crippen LogP contribution in [0.25, 0.3) is 22.4 Å². The first-order valence-corrected chi connectivity index (χ1v) is 8.66. The number of esters is 1. The van der Waals surface area contributed by atoms with Crippen molar-refractivity contribution < 1.29 is 13.9 Å². The standard InChI is InChI=1S/C19H13ClN4O4/c20-13-7-5-12(6-8-13)18-23-22-16(28-18)10-27-17(25)9-24-11-21-15-4-2-1-3-14(15)19(24)26/h1-8,11H,9-10H2. The Morgan fingerprint density at radius 1 is 1.11 bits per heavy atom. The number of nitrogens with zero attached hydrogens (tertiary/aromatic N) is 4. The van der Waals surface area contributed by atoms with Crippen LogP contribution in [0.5, 0.6) is 0 Å². The highest BCUT2D eigenvalue weighted by atomic mass is 35.5. The van der Waals surface area contributed by atoms with Crippen molar-refractivity contribution in [3.63, 3.8) is 0 Å². The third-order valence-corrected chi connectivity index (χ3v) is 4.20. The third-order valence-electron chi connectivity index (χ3n) is 3.95. The number of para-hydroxylation sites is 1. The minimum Gasteiger partial charge on any atom is -0.454 e. The molecule has 0 spiro atoms. The van der Waals surface area contributed by atoms with E-state index in [4.69, 9.17) is 20.8 Å².